The Balaban J connectivity index is 2.55. The number of rotatable bonds is 4. The summed E-state index contributed by atoms with van der Waals surface area (Å²) in [4.78, 5) is 6.68. The van der Waals surface area contributed by atoms with Gasteiger partial charge in [-0.05, 0) is 37.6 Å². The molecule has 0 amide bonds. The van der Waals surface area contributed by atoms with E-state index in [2.05, 4.69) is 18.0 Å². The number of ether oxygens (including phenoxy) is 1. The molecule has 0 saturated heterocycles. The minimum Gasteiger partial charge on any atom is -0.495 e. The molecule has 0 atom stereocenters. The van der Waals surface area contributed by atoms with Gasteiger partial charge in [0, 0.05) is 24.8 Å². The molecule has 20 heavy (non-hydrogen) atoms. The second kappa shape index (κ2) is 5.92. The van der Waals surface area contributed by atoms with E-state index < -0.39 is 0 Å². The maximum Gasteiger partial charge on any atom is 0.142 e. The lowest BCUT2D eigenvalue weighted by Crippen LogP contribution is -2.17. The summed E-state index contributed by atoms with van der Waals surface area (Å²) >= 11 is 0. The highest BCUT2D eigenvalue weighted by Gasteiger charge is 2.15. The number of hydrogen-bond donors (Lipinski definition) is 1. The zero-order valence-electron chi connectivity index (χ0n) is 12.5. The van der Waals surface area contributed by atoms with Gasteiger partial charge in [0.25, 0.3) is 0 Å². The number of para-hydroxylation sites is 2. The van der Waals surface area contributed by atoms with Gasteiger partial charge in [-0.1, -0.05) is 12.1 Å². The van der Waals surface area contributed by atoms with Crippen molar-refractivity contribution in [3.8, 4) is 5.75 Å². The fourth-order valence-corrected chi connectivity index (χ4v) is 2.39. The van der Waals surface area contributed by atoms with Gasteiger partial charge in [0.1, 0.15) is 11.6 Å². The lowest BCUT2D eigenvalue weighted by Gasteiger charge is -2.24. The molecule has 1 heterocycles. The van der Waals surface area contributed by atoms with Crippen molar-refractivity contribution in [2.24, 2.45) is 5.73 Å². The van der Waals surface area contributed by atoms with Gasteiger partial charge in [-0.15, -0.1) is 0 Å². The van der Waals surface area contributed by atoms with Crippen LogP contribution in [-0.2, 0) is 6.54 Å². The Morgan fingerprint density at radius 1 is 1.25 bits per heavy atom. The summed E-state index contributed by atoms with van der Waals surface area (Å²) in [5, 5.41) is 0. The smallest absolute Gasteiger partial charge is 0.142 e. The third kappa shape index (κ3) is 2.60. The molecule has 0 spiro atoms. The summed E-state index contributed by atoms with van der Waals surface area (Å²) in [6.07, 6.45) is 0. The highest BCUT2D eigenvalue weighted by Crippen LogP contribution is 2.33. The Hall–Kier alpha value is -2.07. The molecular weight excluding hydrogens is 250 g/mol. The molecule has 106 valence electrons. The summed E-state index contributed by atoms with van der Waals surface area (Å²) in [6, 6.07) is 9.95. The molecule has 0 aliphatic rings. The van der Waals surface area contributed by atoms with Crippen LogP contribution in [0, 0.1) is 13.8 Å². The van der Waals surface area contributed by atoms with Crippen molar-refractivity contribution in [1.82, 2.24) is 4.98 Å². The summed E-state index contributed by atoms with van der Waals surface area (Å²) in [6.45, 7) is 4.53. The van der Waals surface area contributed by atoms with Crippen molar-refractivity contribution < 1.29 is 4.74 Å². The molecule has 0 fully saturated rings. The van der Waals surface area contributed by atoms with Gasteiger partial charge in [0.05, 0.1) is 12.8 Å². The molecule has 4 nitrogen and oxygen atoms in total. The van der Waals surface area contributed by atoms with E-state index in [4.69, 9.17) is 10.5 Å². The van der Waals surface area contributed by atoms with E-state index in [9.17, 15) is 0 Å². The van der Waals surface area contributed by atoms with Crippen LogP contribution in [0.4, 0.5) is 11.5 Å². The fraction of sp³-hybridized carbons (Fsp3) is 0.312. The predicted molar refractivity (Wildman–Crippen MR) is 82.7 cm³/mol. The first kappa shape index (κ1) is 14.3. The van der Waals surface area contributed by atoms with Gasteiger partial charge >= 0.3 is 0 Å². The van der Waals surface area contributed by atoms with Crippen LogP contribution < -0.4 is 15.4 Å². The maximum atomic E-state index is 5.89. The Kier molecular flexibility index (Phi) is 4.25. The van der Waals surface area contributed by atoms with Crippen LogP contribution in [0.2, 0.25) is 0 Å². The Morgan fingerprint density at radius 2 is 1.95 bits per heavy atom. The fourth-order valence-electron chi connectivity index (χ4n) is 2.39. The molecule has 1 aromatic heterocycles. The quantitative estimate of drug-likeness (QED) is 0.929. The van der Waals surface area contributed by atoms with Crippen molar-refractivity contribution in [3.63, 3.8) is 0 Å². The van der Waals surface area contributed by atoms with Crippen molar-refractivity contribution in [1.29, 1.82) is 0 Å². The van der Waals surface area contributed by atoms with Gasteiger partial charge < -0.3 is 15.4 Å². The lowest BCUT2D eigenvalue weighted by molar-refractivity contribution is 0.415. The Labute approximate surface area is 120 Å². The van der Waals surface area contributed by atoms with Gasteiger partial charge in [-0.3, -0.25) is 0 Å². The minimum atomic E-state index is 0.466. The zero-order chi connectivity index (χ0) is 14.7. The van der Waals surface area contributed by atoms with Crippen LogP contribution in [0.15, 0.2) is 30.3 Å². The van der Waals surface area contributed by atoms with Crippen LogP contribution in [0.25, 0.3) is 0 Å². The van der Waals surface area contributed by atoms with Crippen LogP contribution in [0.1, 0.15) is 16.8 Å². The van der Waals surface area contributed by atoms with E-state index in [1.807, 2.05) is 43.1 Å². The number of benzene rings is 1. The molecular formula is C16H21N3O. The first-order valence-corrected chi connectivity index (χ1v) is 6.62. The summed E-state index contributed by atoms with van der Waals surface area (Å²) in [7, 11) is 3.66. The topological polar surface area (TPSA) is 51.4 Å². The number of hydrogen-bond acceptors (Lipinski definition) is 4. The van der Waals surface area contributed by atoms with Crippen molar-refractivity contribution >= 4 is 11.5 Å². The van der Waals surface area contributed by atoms with Crippen molar-refractivity contribution in [3.05, 3.63) is 47.2 Å². The number of nitrogens with two attached hydrogens (primary N) is 1. The molecule has 2 rings (SSSR count). The summed E-state index contributed by atoms with van der Waals surface area (Å²) in [5.41, 5.74) is 10.1. The van der Waals surface area contributed by atoms with Crippen LogP contribution in [0.3, 0.4) is 0 Å². The first-order chi connectivity index (χ1) is 9.58. The zero-order valence-corrected chi connectivity index (χ0v) is 12.5. The van der Waals surface area contributed by atoms with E-state index in [1.54, 1.807) is 7.11 Å². The van der Waals surface area contributed by atoms with Crippen molar-refractivity contribution in [2.45, 2.75) is 20.4 Å². The summed E-state index contributed by atoms with van der Waals surface area (Å²) in [5.74, 6) is 1.70. The second-order valence-electron chi connectivity index (χ2n) is 4.82. The van der Waals surface area contributed by atoms with Crippen LogP contribution in [0.5, 0.6) is 5.75 Å². The van der Waals surface area contributed by atoms with Gasteiger partial charge in [0.15, 0.2) is 0 Å². The molecule has 0 radical (unpaired) electrons. The third-order valence-electron chi connectivity index (χ3n) is 3.42. The number of aryl methyl sites for hydroxylation is 2. The highest BCUT2D eigenvalue weighted by molar-refractivity contribution is 5.69. The molecule has 0 saturated carbocycles. The van der Waals surface area contributed by atoms with Crippen LogP contribution in [-0.4, -0.2) is 19.1 Å². The van der Waals surface area contributed by atoms with Gasteiger partial charge in [0.2, 0.25) is 0 Å². The van der Waals surface area contributed by atoms with Gasteiger partial charge in [-0.2, -0.15) is 0 Å². The maximum absolute atomic E-state index is 5.89. The van der Waals surface area contributed by atoms with E-state index in [0.29, 0.717) is 6.54 Å². The normalized spacial score (nSPS) is 10.4. The number of pyridine rings is 1. The Bertz CT molecular complexity index is 611. The number of methoxy groups -OCH3 is 1. The first-order valence-electron chi connectivity index (χ1n) is 6.62. The lowest BCUT2D eigenvalue weighted by atomic mass is 10.1. The minimum absolute atomic E-state index is 0.466. The van der Waals surface area contributed by atoms with E-state index >= 15 is 0 Å². The molecule has 0 aliphatic carbocycles. The third-order valence-corrected chi connectivity index (χ3v) is 3.42. The van der Waals surface area contributed by atoms with E-state index in [1.165, 1.54) is 0 Å². The monoisotopic (exact) mass is 271 g/mol. The predicted octanol–water partition coefficient (Wildman–Crippen LogP) is 2.93. The average molecular weight is 271 g/mol. The molecule has 0 aliphatic heterocycles. The standard InChI is InChI=1S/C16H21N3O/c1-11-9-12(2)18-16(13(11)10-17)19(3)14-7-5-6-8-15(14)20-4/h5-9H,10,17H2,1-4H3. The molecule has 4 heteroatoms. The van der Waals surface area contributed by atoms with E-state index in [-0.39, 0.29) is 0 Å². The number of aromatic nitrogens is 1. The molecule has 1 aromatic carbocycles. The largest absolute Gasteiger partial charge is 0.495 e. The number of anilines is 2. The molecule has 2 aromatic rings. The van der Waals surface area contributed by atoms with Crippen LogP contribution >= 0.6 is 0 Å². The number of nitrogens with zero attached hydrogens (tertiary/aromatic N) is 2. The molecule has 0 bridgehead atoms. The SMILES string of the molecule is COc1ccccc1N(C)c1nc(C)cc(C)c1CN. The van der Waals surface area contributed by atoms with Crippen molar-refractivity contribution in [2.75, 3.05) is 19.1 Å². The Morgan fingerprint density at radius 3 is 2.60 bits per heavy atom. The van der Waals surface area contributed by atoms with Gasteiger partial charge in [-0.25, -0.2) is 4.98 Å². The summed E-state index contributed by atoms with van der Waals surface area (Å²) < 4.78 is 5.42. The second-order valence-corrected chi connectivity index (χ2v) is 4.82. The molecule has 0 unspecified atom stereocenters. The highest BCUT2D eigenvalue weighted by atomic mass is 16.5. The average Bonchev–Trinajstić information content (AvgIpc) is 2.45. The molecule has 2 N–H and O–H groups in total. The van der Waals surface area contributed by atoms with E-state index in [0.717, 1.165) is 34.1 Å².